The molecule has 100 valence electrons. The van der Waals surface area contributed by atoms with E-state index >= 15 is 0 Å². The Balaban J connectivity index is 2.02. The van der Waals surface area contributed by atoms with Gasteiger partial charge in [0, 0.05) is 24.1 Å². The minimum absolute atomic E-state index is 0.108. The van der Waals surface area contributed by atoms with Gasteiger partial charge in [0.05, 0.1) is 6.10 Å². The topological polar surface area (TPSA) is 55.4 Å². The molecule has 0 aliphatic carbocycles. The highest BCUT2D eigenvalue weighted by atomic mass is 16.5. The van der Waals surface area contributed by atoms with Crippen LogP contribution in [0.3, 0.4) is 0 Å². The van der Waals surface area contributed by atoms with E-state index in [0.717, 1.165) is 24.1 Å². The Morgan fingerprint density at radius 3 is 2.95 bits per heavy atom. The van der Waals surface area contributed by atoms with Crippen molar-refractivity contribution in [1.29, 1.82) is 0 Å². The average Bonchev–Trinajstić information content (AvgIpc) is 2.62. The lowest BCUT2D eigenvalue weighted by Gasteiger charge is -2.36. The molecule has 0 aromatic heterocycles. The summed E-state index contributed by atoms with van der Waals surface area (Å²) in [6.45, 7) is 2.05. The fraction of sp³-hybridized carbons (Fsp3) is 0.467. The zero-order valence-corrected chi connectivity index (χ0v) is 10.9. The summed E-state index contributed by atoms with van der Waals surface area (Å²) < 4.78 is 6.05. The first-order valence-corrected chi connectivity index (χ1v) is 6.76. The van der Waals surface area contributed by atoms with E-state index in [-0.39, 0.29) is 24.2 Å². The molecule has 0 unspecified atom stereocenters. The van der Waals surface area contributed by atoms with Gasteiger partial charge in [-0.3, -0.25) is 9.59 Å². The summed E-state index contributed by atoms with van der Waals surface area (Å²) in [6, 6.07) is 7.46. The van der Waals surface area contributed by atoms with Gasteiger partial charge in [0.25, 0.3) is 5.91 Å². The molecule has 2 aliphatic heterocycles. The Bertz CT molecular complexity index is 540. The predicted octanol–water partition coefficient (Wildman–Crippen LogP) is 2.38. The summed E-state index contributed by atoms with van der Waals surface area (Å²) in [7, 11) is 0. The molecule has 3 rings (SSSR count). The monoisotopic (exact) mass is 259 g/mol. The number of ketones is 1. The molecule has 0 saturated carbocycles. The number of hydrogen-bond acceptors (Lipinski definition) is 3. The summed E-state index contributed by atoms with van der Waals surface area (Å²) in [5.41, 5.74) is 0.470. The number of amides is 1. The third kappa shape index (κ3) is 1.87. The minimum Gasteiger partial charge on any atom is -0.356 e. The maximum atomic E-state index is 12.3. The van der Waals surface area contributed by atoms with Gasteiger partial charge in [-0.25, -0.2) is 0 Å². The molecule has 2 atom stereocenters. The molecule has 1 aromatic rings. The van der Waals surface area contributed by atoms with E-state index in [1.165, 1.54) is 0 Å². The first-order chi connectivity index (χ1) is 9.15. The Morgan fingerprint density at radius 1 is 1.37 bits per heavy atom. The standard InChI is InChI=1S/C15H17NO3/c1-2-5-11-8-10(17)9-15(19-11)12-6-3-4-7-13(12)16-14(15)18/h3-4,6-7,11H,2,5,8-9H2,1H3,(H,16,18)/t11-,15-/m0/s1. The molecule has 0 bridgehead atoms. The lowest BCUT2D eigenvalue weighted by atomic mass is 9.84. The molecular formula is C15H17NO3. The second kappa shape index (κ2) is 4.46. The number of Topliss-reactive ketones (excluding diaryl/α,β-unsaturated/α-hetero) is 1. The number of benzene rings is 1. The lowest BCUT2D eigenvalue weighted by Crippen LogP contribution is -2.46. The van der Waals surface area contributed by atoms with Gasteiger partial charge in [-0.15, -0.1) is 0 Å². The van der Waals surface area contributed by atoms with Crippen molar-refractivity contribution in [1.82, 2.24) is 0 Å². The van der Waals surface area contributed by atoms with Crippen LogP contribution in [0.5, 0.6) is 0 Å². The number of rotatable bonds is 2. The number of hydrogen-bond donors (Lipinski definition) is 1. The Hall–Kier alpha value is -1.68. The van der Waals surface area contributed by atoms with Crippen LogP contribution in [0, 0.1) is 0 Å². The number of carbonyl (C=O) groups excluding carboxylic acids is 2. The summed E-state index contributed by atoms with van der Waals surface area (Å²) >= 11 is 0. The number of carbonyl (C=O) groups is 2. The van der Waals surface area contributed by atoms with E-state index in [0.29, 0.717) is 6.42 Å². The van der Waals surface area contributed by atoms with E-state index in [2.05, 4.69) is 12.2 Å². The second-order valence-corrected chi connectivity index (χ2v) is 5.27. The lowest BCUT2D eigenvalue weighted by molar-refractivity contribution is -0.170. The van der Waals surface area contributed by atoms with Gasteiger partial charge < -0.3 is 10.1 Å². The molecule has 2 aliphatic rings. The predicted molar refractivity (Wildman–Crippen MR) is 70.8 cm³/mol. The van der Waals surface area contributed by atoms with Gasteiger partial charge in [-0.2, -0.15) is 0 Å². The SMILES string of the molecule is CCC[C@H]1CC(=O)C[C@@]2(O1)C(=O)Nc1ccccc12. The van der Waals surface area contributed by atoms with E-state index in [1.54, 1.807) is 0 Å². The highest BCUT2D eigenvalue weighted by Crippen LogP contribution is 2.45. The molecule has 1 N–H and O–H groups in total. The number of ether oxygens (including phenoxy) is 1. The largest absolute Gasteiger partial charge is 0.356 e. The molecule has 19 heavy (non-hydrogen) atoms. The van der Waals surface area contributed by atoms with Crippen molar-refractivity contribution in [2.45, 2.75) is 44.3 Å². The normalized spacial score (nSPS) is 29.4. The van der Waals surface area contributed by atoms with Crippen LogP contribution in [0.25, 0.3) is 0 Å². The van der Waals surface area contributed by atoms with Crippen molar-refractivity contribution < 1.29 is 14.3 Å². The van der Waals surface area contributed by atoms with Crippen LogP contribution in [0.2, 0.25) is 0 Å². The Morgan fingerprint density at radius 2 is 2.16 bits per heavy atom. The third-order valence-corrected chi connectivity index (χ3v) is 3.86. The second-order valence-electron chi connectivity index (χ2n) is 5.27. The summed E-state index contributed by atoms with van der Waals surface area (Å²) in [5.74, 6) is -0.0978. The number of anilines is 1. The summed E-state index contributed by atoms with van der Waals surface area (Å²) in [5, 5.41) is 2.82. The van der Waals surface area contributed by atoms with Crippen molar-refractivity contribution in [2.75, 3.05) is 5.32 Å². The maximum Gasteiger partial charge on any atom is 0.261 e. The van der Waals surface area contributed by atoms with Gasteiger partial charge in [0.1, 0.15) is 5.78 Å². The summed E-state index contributed by atoms with van der Waals surface area (Å²) in [4.78, 5) is 24.3. The van der Waals surface area contributed by atoms with Crippen LogP contribution in [0.1, 0.15) is 38.2 Å². The summed E-state index contributed by atoms with van der Waals surface area (Å²) in [6.07, 6.45) is 2.17. The van der Waals surface area contributed by atoms with Crippen molar-refractivity contribution in [2.24, 2.45) is 0 Å². The molecule has 1 aromatic carbocycles. The minimum atomic E-state index is -1.09. The van der Waals surface area contributed by atoms with Crippen LogP contribution in [0.4, 0.5) is 5.69 Å². The average molecular weight is 259 g/mol. The smallest absolute Gasteiger partial charge is 0.261 e. The number of fused-ring (bicyclic) bond motifs is 2. The molecule has 0 radical (unpaired) electrons. The van der Waals surface area contributed by atoms with Crippen LogP contribution in [-0.4, -0.2) is 17.8 Å². The molecule has 1 amide bonds. The molecule has 4 nitrogen and oxygen atoms in total. The molecule has 1 spiro atoms. The fourth-order valence-corrected chi connectivity index (χ4v) is 3.04. The highest BCUT2D eigenvalue weighted by molar-refractivity contribution is 6.07. The first-order valence-electron chi connectivity index (χ1n) is 6.76. The Kier molecular flexibility index (Phi) is 2.90. The molecule has 1 fully saturated rings. The Labute approximate surface area is 112 Å². The van der Waals surface area contributed by atoms with Crippen LogP contribution in [-0.2, 0) is 19.9 Å². The van der Waals surface area contributed by atoms with Gasteiger partial charge in [0.2, 0.25) is 0 Å². The van der Waals surface area contributed by atoms with Gasteiger partial charge in [-0.05, 0) is 12.5 Å². The number of nitrogens with one attached hydrogen (secondary N) is 1. The van der Waals surface area contributed by atoms with Crippen molar-refractivity contribution in [3.8, 4) is 0 Å². The maximum absolute atomic E-state index is 12.3. The highest BCUT2D eigenvalue weighted by Gasteiger charge is 2.53. The quantitative estimate of drug-likeness (QED) is 0.887. The van der Waals surface area contributed by atoms with Crippen LogP contribution >= 0.6 is 0 Å². The van der Waals surface area contributed by atoms with Gasteiger partial charge in [-0.1, -0.05) is 31.5 Å². The van der Waals surface area contributed by atoms with Crippen LogP contribution < -0.4 is 5.32 Å². The first kappa shape index (κ1) is 12.4. The van der Waals surface area contributed by atoms with E-state index in [4.69, 9.17) is 4.74 Å². The fourth-order valence-electron chi connectivity index (χ4n) is 3.04. The van der Waals surface area contributed by atoms with Crippen LogP contribution in [0.15, 0.2) is 24.3 Å². The molecule has 4 heteroatoms. The van der Waals surface area contributed by atoms with Gasteiger partial charge >= 0.3 is 0 Å². The molecule has 1 saturated heterocycles. The van der Waals surface area contributed by atoms with Crippen molar-refractivity contribution in [3.63, 3.8) is 0 Å². The molecular weight excluding hydrogens is 242 g/mol. The van der Waals surface area contributed by atoms with E-state index in [9.17, 15) is 9.59 Å². The zero-order valence-electron chi connectivity index (χ0n) is 10.9. The van der Waals surface area contributed by atoms with E-state index in [1.807, 2.05) is 24.3 Å². The van der Waals surface area contributed by atoms with E-state index < -0.39 is 5.60 Å². The van der Waals surface area contributed by atoms with Crippen molar-refractivity contribution in [3.05, 3.63) is 29.8 Å². The van der Waals surface area contributed by atoms with Gasteiger partial charge in [0.15, 0.2) is 5.60 Å². The molecule has 2 heterocycles. The zero-order chi connectivity index (χ0) is 13.5. The number of para-hydroxylation sites is 1. The van der Waals surface area contributed by atoms with Crippen molar-refractivity contribution >= 4 is 17.4 Å². The third-order valence-electron chi connectivity index (χ3n) is 3.86.